The molecule has 0 spiro atoms. The third-order valence-corrected chi connectivity index (χ3v) is 2.34. The van der Waals surface area contributed by atoms with Gasteiger partial charge in [0, 0.05) is 12.6 Å². The van der Waals surface area contributed by atoms with Crippen molar-refractivity contribution in [2.75, 3.05) is 13.2 Å². The van der Waals surface area contributed by atoms with Crippen LogP contribution in [0, 0.1) is 5.92 Å². The van der Waals surface area contributed by atoms with E-state index >= 15 is 0 Å². The van der Waals surface area contributed by atoms with Crippen molar-refractivity contribution in [2.45, 2.75) is 32.4 Å². The molecule has 1 fully saturated rings. The highest BCUT2D eigenvalue weighted by Gasteiger charge is 2.33. The van der Waals surface area contributed by atoms with Crippen LogP contribution in [0.25, 0.3) is 0 Å². The quantitative estimate of drug-likeness (QED) is 0.593. The van der Waals surface area contributed by atoms with Crippen LogP contribution < -0.4 is 5.32 Å². The van der Waals surface area contributed by atoms with Crippen molar-refractivity contribution in [1.29, 1.82) is 0 Å². The van der Waals surface area contributed by atoms with Crippen LogP contribution in [0.2, 0.25) is 0 Å². The SMILES string of the molecule is CCOC(=O)[C@@H]1C[C@@H](C)NC[C@@H]1O. The van der Waals surface area contributed by atoms with Crippen molar-refractivity contribution in [1.82, 2.24) is 5.32 Å². The van der Waals surface area contributed by atoms with Gasteiger partial charge in [-0.25, -0.2) is 0 Å². The van der Waals surface area contributed by atoms with Crippen LogP contribution in [-0.4, -0.2) is 36.4 Å². The number of nitrogens with one attached hydrogen (secondary N) is 1. The molecule has 0 amide bonds. The van der Waals surface area contributed by atoms with E-state index in [1.165, 1.54) is 0 Å². The van der Waals surface area contributed by atoms with Crippen LogP contribution in [0.3, 0.4) is 0 Å². The van der Waals surface area contributed by atoms with E-state index in [-0.39, 0.29) is 17.9 Å². The first-order chi connectivity index (χ1) is 6.15. The zero-order valence-corrected chi connectivity index (χ0v) is 8.12. The molecular formula is C9H17NO3. The first-order valence-corrected chi connectivity index (χ1v) is 4.73. The molecule has 13 heavy (non-hydrogen) atoms. The highest BCUT2D eigenvalue weighted by Crippen LogP contribution is 2.18. The van der Waals surface area contributed by atoms with Crippen molar-refractivity contribution in [2.24, 2.45) is 5.92 Å². The van der Waals surface area contributed by atoms with Gasteiger partial charge in [0.25, 0.3) is 0 Å². The second-order valence-corrected chi connectivity index (χ2v) is 3.47. The molecule has 0 aliphatic carbocycles. The fourth-order valence-corrected chi connectivity index (χ4v) is 1.59. The van der Waals surface area contributed by atoms with Crippen LogP contribution in [0.1, 0.15) is 20.3 Å². The van der Waals surface area contributed by atoms with Gasteiger partial charge in [-0.3, -0.25) is 4.79 Å². The third kappa shape index (κ3) is 2.67. The Hall–Kier alpha value is -0.610. The molecular weight excluding hydrogens is 170 g/mol. The van der Waals surface area contributed by atoms with Gasteiger partial charge in [-0.2, -0.15) is 0 Å². The van der Waals surface area contributed by atoms with Gasteiger partial charge in [0.05, 0.1) is 18.6 Å². The number of esters is 1. The Morgan fingerprint density at radius 1 is 1.69 bits per heavy atom. The standard InChI is InChI=1S/C9H17NO3/c1-3-13-9(12)7-4-6(2)10-5-8(7)11/h6-8,10-11H,3-5H2,1-2H3/t6-,7-,8+/m1/s1. The molecule has 76 valence electrons. The first-order valence-electron chi connectivity index (χ1n) is 4.73. The van der Waals surface area contributed by atoms with Gasteiger partial charge < -0.3 is 15.2 Å². The van der Waals surface area contributed by atoms with E-state index < -0.39 is 6.10 Å². The first kappa shape index (κ1) is 10.5. The fraction of sp³-hybridized carbons (Fsp3) is 0.889. The number of carbonyl (C=O) groups excluding carboxylic acids is 1. The lowest BCUT2D eigenvalue weighted by Gasteiger charge is -2.30. The smallest absolute Gasteiger partial charge is 0.311 e. The van der Waals surface area contributed by atoms with Gasteiger partial charge in [-0.1, -0.05) is 0 Å². The van der Waals surface area contributed by atoms with Crippen LogP contribution in [-0.2, 0) is 9.53 Å². The number of hydrogen-bond acceptors (Lipinski definition) is 4. The van der Waals surface area contributed by atoms with E-state index in [1.54, 1.807) is 6.92 Å². The predicted molar refractivity (Wildman–Crippen MR) is 48.2 cm³/mol. The van der Waals surface area contributed by atoms with Gasteiger partial charge in [-0.15, -0.1) is 0 Å². The molecule has 0 aromatic heterocycles. The molecule has 1 saturated heterocycles. The summed E-state index contributed by atoms with van der Waals surface area (Å²) in [5.41, 5.74) is 0. The Balaban J connectivity index is 2.50. The molecule has 0 radical (unpaired) electrons. The van der Waals surface area contributed by atoms with E-state index in [4.69, 9.17) is 4.74 Å². The fourth-order valence-electron chi connectivity index (χ4n) is 1.59. The predicted octanol–water partition coefficient (Wildman–Crippen LogP) is -0.0916. The Morgan fingerprint density at radius 3 is 3.00 bits per heavy atom. The average molecular weight is 187 g/mol. The van der Waals surface area contributed by atoms with E-state index in [0.717, 1.165) is 0 Å². The highest BCUT2D eigenvalue weighted by molar-refractivity contribution is 5.73. The Bertz CT molecular complexity index is 184. The maximum atomic E-state index is 11.3. The summed E-state index contributed by atoms with van der Waals surface area (Å²) < 4.78 is 4.87. The number of piperidine rings is 1. The molecule has 0 aromatic rings. The van der Waals surface area contributed by atoms with Crippen molar-refractivity contribution >= 4 is 5.97 Å². The number of ether oxygens (including phenoxy) is 1. The highest BCUT2D eigenvalue weighted by atomic mass is 16.5. The summed E-state index contributed by atoms with van der Waals surface area (Å²) in [6.07, 6.45) is 0.0512. The Kier molecular flexibility index (Phi) is 3.69. The topological polar surface area (TPSA) is 58.6 Å². The van der Waals surface area contributed by atoms with Gasteiger partial charge in [0.1, 0.15) is 0 Å². The minimum absolute atomic E-state index is 0.275. The minimum atomic E-state index is -0.602. The molecule has 0 saturated carbocycles. The molecule has 1 aliphatic rings. The largest absolute Gasteiger partial charge is 0.466 e. The normalized spacial score (nSPS) is 34.2. The van der Waals surface area contributed by atoms with Crippen LogP contribution >= 0.6 is 0 Å². The summed E-state index contributed by atoms with van der Waals surface area (Å²) in [5.74, 6) is -0.625. The Labute approximate surface area is 78.3 Å². The molecule has 1 aliphatic heterocycles. The van der Waals surface area contributed by atoms with Gasteiger partial charge in [-0.05, 0) is 20.3 Å². The van der Waals surface area contributed by atoms with E-state index in [9.17, 15) is 9.90 Å². The van der Waals surface area contributed by atoms with Crippen molar-refractivity contribution in [3.63, 3.8) is 0 Å². The monoisotopic (exact) mass is 187 g/mol. The second-order valence-electron chi connectivity index (χ2n) is 3.47. The number of aliphatic hydroxyl groups is 1. The molecule has 0 aromatic carbocycles. The van der Waals surface area contributed by atoms with Crippen LogP contribution in [0.4, 0.5) is 0 Å². The summed E-state index contributed by atoms with van der Waals surface area (Å²) in [4.78, 5) is 11.3. The number of β-amino-alcohol motifs (C(OH)–C–C–N with tert-alkyl or cyclic N) is 1. The van der Waals surface area contributed by atoms with Crippen LogP contribution in [0.15, 0.2) is 0 Å². The van der Waals surface area contributed by atoms with E-state index in [0.29, 0.717) is 19.6 Å². The lowest BCUT2D eigenvalue weighted by molar-refractivity contribution is -0.153. The molecule has 4 heteroatoms. The lowest BCUT2D eigenvalue weighted by Crippen LogP contribution is -2.48. The Morgan fingerprint density at radius 2 is 2.38 bits per heavy atom. The van der Waals surface area contributed by atoms with Crippen molar-refractivity contribution in [3.05, 3.63) is 0 Å². The maximum absolute atomic E-state index is 11.3. The molecule has 4 nitrogen and oxygen atoms in total. The summed E-state index contributed by atoms with van der Waals surface area (Å²) in [6.45, 7) is 4.63. The summed E-state index contributed by atoms with van der Waals surface area (Å²) in [7, 11) is 0. The minimum Gasteiger partial charge on any atom is -0.466 e. The molecule has 3 atom stereocenters. The number of rotatable bonds is 2. The number of carbonyl (C=O) groups is 1. The summed E-state index contributed by atoms with van der Waals surface area (Å²) >= 11 is 0. The number of hydrogen-bond donors (Lipinski definition) is 2. The lowest BCUT2D eigenvalue weighted by atomic mass is 9.91. The van der Waals surface area contributed by atoms with Crippen LogP contribution in [0.5, 0.6) is 0 Å². The van der Waals surface area contributed by atoms with Crippen molar-refractivity contribution < 1.29 is 14.6 Å². The molecule has 0 bridgehead atoms. The number of aliphatic hydroxyl groups excluding tert-OH is 1. The van der Waals surface area contributed by atoms with Crippen molar-refractivity contribution in [3.8, 4) is 0 Å². The van der Waals surface area contributed by atoms with E-state index in [1.807, 2.05) is 6.92 Å². The summed E-state index contributed by atoms with van der Waals surface area (Å²) in [6, 6.07) is 0.276. The van der Waals surface area contributed by atoms with Gasteiger partial charge >= 0.3 is 5.97 Å². The summed E-state index contributed by atoms with van der Waals surface area (Å²) in [5, 5.41) is 12.6. The molecule has 1 rings (SSSR count). The van der Waals surface area contributed by atoms with Gasteiger partial charge in [0.15, 0.2) is 0 Å². The third-order valence-electron chi connectivity index (χ3n) is 2.34. The molecule has 2 N–H and O–H groups in total. The van der Waals surface area contributed by atoms with Gasteiger partial charge in [0.2, 0.25) is 0 Å². The molecule has 0 unspecified atom stereocenters. The van der Waals surface area contributed by atoms with E-state index in [2.05, 4.69) is 5.32 Å². The second kappa shape index (κ2) is 4.58. The molecule has 1 heterocycles. The zero-order chi connectivity index (χ0) is 9.84. The zero-order valence-electron chi connectivity index (χ0n) is 8.12. The maximum Gasteiger partial charge on any atom is 0.311 e. The average Bonchev–Trinajstić information content (AvgIpc) is 2.09.